The Balaban J connectivity index is 1.82. The summed E-state index contributed by atoms with van der Waals surface area (Å²) in [4.78, 5) is 5.15. The SMILES string of the molecule is CC(c1ccccc1)N1CCN(CCCS)CC1. The monoisotopic (exact) mass is 264 g/mol. The summed E-state index contributed by atoms with van der Waals surface area (Å²) >= 11 is 4.28. The Morgan fingerprint density at radius 2 is 1.78 bits per heavy atom. The Kier molecular flexibility index (Phi) is 5.54. The number of benzene rings is 1. The highest BCUT2D eigenvalue weighted by molar-refractivity contribution is 7.80. The maximum atomic E-state index is 4.28. The number of hydrogen-bond acceptors (Lipinski definition) is 3. The minimum absolute atomic E-state index is 0.540. The molecule has 0 amide bonds. The van der Waals surface area contributed by atoms with Gasteiger partial charge in [0.2, 0.25) is 0 Å². The summed E-state index contributed by atoms with van der Waals surface area (Å²) in [5.74, 6) is 1.00. The van der Waals surface area contributed by atoms with E-state index in [1.807, 2.05) is 0 Å². The van der Waals surface area contributed by atoms with Crippen LogP contribution in [0.15, 0.2) is 30.3 Å². The van der Waals surface area contributed by atoms with Crippen LogP contribution in [0, 0.1) is 0 Å². The fourth-order valence-electron chi connectivity index (χ4n) is 2.61. The third-order valence-electron chi connectivity index (χ3n) is 3.87. The molecule has 100 valence electrons. The maximum absolute atomic E-state index is 4.28. The lowest BCUT2D eigenvalue weighted by Gasteiger charge is -2.38. The highest BCUT2D eigenvalue weighted by atomic mass is 32.1. The molecule has 1 saturated heterocycles. The molecule has 0 radical (unpaired) electrons. The van der Waals surface area contributed by atoms with Gasteiger partial charge in [-0.1, -0.05) is 30.3 Å². The van der Waals surface area contributed by atoms with Gasteiger partial charge in [-0.2, -0.15) is 12.6 Å². The Hall–Kier alpha value is -0.510. The third kappa shape index (κ3) is 3.74. The van der Waals surface area contributed by atoms with Gasteiger partial charge in [0.15, 0.2) is 0 Å². The Bertz CT molecular complexity index is 334. The van der Waals surface area contributed by atoms with E-state index in [1.165, 1.54) is 44.7 Å². The van der Waals surface area contributed by atoms with Gasteiger partial charge in [-0.15, -0.1) is 0 Å². The van der Waals surface area contributed by atoms with Crippen LogP contribution in [0.4, 0.5) is 0 Å². The van der Waals surface area contributed by atoms with Crippen molar-refractivity contribution in [1.29, 1.82) is 0 Å². The summed E-state index contributed by atoms with van der Waals surface area (Å²) in [6, 6.07) is 11.4. The summed E-state index contributed by atoms with van der Waals surface area (Å²) in [6.07, 6.45) is 1.21. The first kappa shape index (κ1) is 13.9. The summed E-state index contributed by atoms with van der Waals surface area (Å²) in [5.41, 5.74) is 1.43. The van der Waals surface area contributed by atoms with Gasteiger partial charge in [0.1, 0.15) is 0 Å². The first-order valence-electron chi connectivity index (χ1n) is 6.93. The van der Waals surface area contributed by atoms with E-state index >= 15 is 0 Å². The topological polar surface area (TPSA) is 6.48 Å². The average Bonchev–Trinajstić information content (AvgIpc) is 2.46. The number of piperazine rings is 1. The zero-order valence-electron chi connectivity index (χ0n) is 11.3. The van der Waals surface area contributed by atoms with E-state index in [1.54, 1.807) is 0 Å². The van der Waals surface area contributed by atoms with E-state index in [9.17, 15) is 0 Å². The van der Waals surface area contributed by atoms with Gasteiger partial charge >= 0.3 is 0 Å². The van der Waals surface area contributed by atoms with Crippen LogP contribution in [0.25, 0.3) is 0 Å². The fourth-order valence-corrected chi connectivity index (χ4v) is 2.75. The van der Waals surface area contributed by atoms with Crippen molar-refractivity contribution in [2.75, 3.05) is 38.5 Å². The minimum atomic E-state index is 0.540. The number of thiol groups is 1. The van der Waals surface area contributed by atoms with Crippen molar-refractivity contribution in [3.63, 3.8) is 0 Å². The van der Waals surface area contributed by atoms with Gasteiger partial charge in [0, 0.05) is 32.2 Å². The fraction of sp³-hybridized carbons (Fsp3) is 0.600. The van der Waals surface area contributed by atoms with Crippen LogP contribution in [0.5, 0.6) is 0 Å². The lowest BCUT2D eigenvalue weighted by Crippen LogP contribution is -2.47. The smallest absolute Gasteiger partial charge is 0.0320 e. The summed E-state index contributed by atoms with van der Waals surface area (Å²) in [7, 11) is 0. The van der Waals surface area contributed by atoms with Crippen LogP contribution < -0.4 is 0 Å². The Morgan fingerprint density at radius 1 is 1.11 bits per heavy atom. The van der Waals surface area contributed by atoms with Crippen LogP contribution in [-0.4, -0.2) is 48.3 Å². The van der Waals surface area contributed by atoms with Gasteiger partial charge in [-0.25, -0.2) is 0 Å². The zero-order chi connectivity index (χ0) is 12.8. The first-order chi connectivity index (χ1) is 8.81. The van der Waals surface area contributed by atoms with E-state index in [4.69, 9.17) is 0 Å². The third-order valence-corrected chi connectivity index (χ3v) is 4.19. The molecule has 0 N–H and O–H groups in total. The van der Waals surface area contributed by atoms with Crippen molar-refractivity contribution in [1.82, 2.24) is 9.80 Å². The molecule has 0 saturated carbocycles. The molecule has 1 aliphatic rings. The van der Waals surface area contributed by atoms with Crippen LogP contribution in [0.2, 0.25) is 0 Å². The first-order valence-corrected chi connectivity index (χ1v) is 7.56. The van der Waals surface area contributed by atoms with Gasteiger partial charge in [0.25, 0.3) is 0 Å². The van der Waals surface area contributed by atoms with E-state index in [0.29, 0.717) is 6.04 Å². The van der Waals surface area contributed by atoms with Gasteiger partial charge in [-0.05, 0) is 31.2 Å². The van der Waals surface area contributed by atoms with Crippen molar-refractivity contribution in [2.24, 2.45) is 0 Å². The predicted molar refractivity (Wildman–Crippen MR) is 81.3 cm³/mol. The standard InChI is InChI=1S/C15H24N2S/c1-14(15-6-3-2-4-7-15)17-11-9-16(10-12-17)8-5-13-18/h2-4,6-7,14,18H,5,8-13H2,1H3. The van der Waals surface area contributed by atoms with E-state index in [-0.39, 0.29) is 0 Å². The molecule has 18 heavy (non-hydrogen) atoms. The summed E-state index contributed by atoms with van der Waals surface area (Å²) < 4.78 is 0. The quantitative estimate of drug-likeness (QED) is 0.817. The molecule has 1 heterocycles. The minimum Gasteiger partial charge on any atom is -0.301 e. The van der Waals surface area contributed by atoms with E-state index in [2.05, 4.69) is 59.7 Å². The molecular formula is C15H24N2S. The molecule has 1 atom stereocenters. The molecule has 0 aromatic heterocycles. The summed E-state index contributed by atoms with van der Waals surface area (Å²) in [5, 5.41) is 0. The number of rotatable bonds is 5. The predicted octanol–water partition coefficient (Wildman–Crippen LogP) is 2.69. The molecule has 1 fully saturated rings. The number of hydrogen-bond donors (Lipinski definition) is 1. The maximum Gasteiger partial charge on any atom is 0.0320 e. The average molecular weight is 264 g/mol. The van der Waals surface area contributed by atoms with Gasteiger partial charge in [-0.3, -0.25) is 4.90 Å². The van der Waals surface area contributed by atoms with E-state index < -0.39 is 0 Å². The van der Waals surface area contributed by atoms with Crippen molar-refractivity contribution >= 4 is 12.6 Å². The molecule has 1 unspecified atom stereocenters. The van der Waals surface area contributed by atoms with Crippen molar-refractivity contribution in [3.8, 4) is 0 Å². The molecule has 2 nitrogen and oxygen atoms in total. The molecule has 0 bridgehead atoms. The van der Waals surface area contributed by atoms with Crippen LogP contribution >= 0.6 is 12.6 Å². The highest BCUT2D eigenvalue weighted by Crippen LogP contribution is 2.21. The molecule has 3 heteroatoms. The normalized spacial score (nSPS) is 19.9. The zero-order valence-corrected chi connectivity index (χ0v) is 12.1. The second-order valence-electron chi connectivity index (χ2n) is 5.04. The number of nitrogens with zero attached hydrogens (tertiary/aromatic N) is 2. The van der Waals surface area contributed by atoms with Crippen molar-refractivity contribution in [3.05, 3.63) is 35.9 Å². The molecule has 1 aromatic carbocycles. The molecule has 2 rings (SSSR count). The largest absolute Gasteiger partial charge is 0.301 e. The molecule has 0 spiro atoms. The lowest BCUT2D eigenvalue weighted by molar-refractivity contribution is 0.103. The Labute approximate surface area is 116 Å². The second-order valence-corrected chi connectivity index (χ2v) is 5.49. The van der Waals surface area contributed by atoms with Crippen molar-refractivity contribution in [2.45, 2.75) is 19.4 Å². The van der Waals surface area contributed by atoms with Gasteiger partial charge < -0.3 is 4.90 Å². The molecule has 1 aliphatic heterocycles. The molecule has 1 aromatic rings. The molecular weight excluding hydrogens is 240 g/mol. The van der Waals surface area contributed by atoms with Gasteiger partial charge in [0.05, 0.1) is 0 Å². The van der Waals surface area contributed by atoms with E-state index in [0.717, 1.165) is 5.75 Å². The highest BCUT2D eigenvalue weighted by Gasteiger charge is 2.21. The van der Waals surface area contributed by atoms with Crippen LogP contribution in [0.3, 0.4) is 0 Å². The summed E-state index contributed by atoms with van der Waals surface area (Å²) in [6.45, 7) is 8.29. The second kappa shape index (κ2) is 7.17. The molecule has 0 aliphatic carbocycles. The van der Waals surface area contributed by atoms with Crippen LogP contribution in [0.1, 0.15) is 24.9 Å². The van der Waals surface area contributed by atoms with Crippen LogP contribution in [-0.2, 0) is 0 Å². The lowest BCUT2D eigenvalue weighted by atomic mass is 10.1. The Morgan fingerprint density at radius 3 is 2.39 bits per heavy atom. The van der Waals surface area contributed by atoms with Crippen molar-refractivity contribution < 1.29 is 0 Å².